The lowest BCUT2D eigenvalue weighted by Gasteiger charge is -2.42. The molecule has 1 N–H and O–H groups in total. The summed E-state index contributed by atoms with van der Waals surface area (Å²) in [6.45, 7) is 2.21. The number of hydrogen-bond donors (Lipinski definition) is 1. The molecule has 1 spiro atoms. The normalized spacial score (nSPS) is 28.8. The van der Waals surface area contributed by atoms with E-state index in [2.05, 4.69) is 17.3 Å². The van der Waals surface area contributed by atoms with Gasteiger partial charge in [-0.3, -0.25) is 4.79 Å². The van der Waals surface area contributed by atoms with Gasteiger partial charge in [-0.05, 0) is 19.9 Å². The minimum atomic E-state index is 0.0852. The van der Waals surface area contributed by atoms with Gasteiger partial charge >= 0.3 is 0 Å². The van der Waals surface area contributed by atoms with E-state index in [0.29, 0.717) is 6.42 Å². The summed E-state index contributed by atoms with van der Waals surface area (Å²) in [4.78, 5) is 13.7. The molecular weight excluding hydrogens is 184 g/mol. The minimum Gasteiger partial charge on any atom is -0.342 e. The number of carbonyl (C=O) groups excluding carboxylic acids is 1. The van der Waals surface area contributed by atoms with Crippen molar-refractivity contribution in [1.82, 2.24) is 10.2 Å². The zero-order valence-corrected chi connectivity index (χ0v) is 8.82. The molecule has 3 nitrogen and oxygen atoms in total. The number of hydrogen-bond acceptors (Lipinski definition) is 3. The predicted octanol–water partition coefficient (Wildman–Crippen LogP) is 0.661. The van der Waals surface area contributed by atoms with E-state index < -0.39 is 0 Å². The number of rotatable bonds is 0. The Labute approximate surface area is 83.2 Å². The highest BCUT2D eigenvalue weighted by Crippen LogP contribution is 2.36. The molecule has 0 unspecified atom stereocenters. The second-order valence-corrected chi connectivity index (χ2v) is 5.42. The van der Waals surface area contributed by atoms with Gasteiger partial charge in [0.2, 0.25) is 5.91 Å². The first-order chi connectivity index (χ1) is 6.20. The van der Waals surface area contributed by atoms with Gasteiger partial charge < -0.3 is 10.2 Å². The van der Waals surface area contributed by atoms with Crippen LogP contribution in [0.1, 0.15) is 19.3 Å². The van der Waals surface area contributed by atoms with Crippen LogP contribution in [0.2, 0.25) is 0 Å². The third-order valence-electron chi connectivity index (χ3n) is 2.87. The Kier molecular flexibility index (Phi) is 2.51. The summed E-state index contributed by atoms with van der Waals surface area (Å²) in [7, 11) is 2.14. The summed E-state index contributed by atoms with van der Waals surface area (Å²) in [5, 5.41) is 3.15. The molecular formula is C9H16N2OS. The Morgan fingerprint density at radius 3 is 2.77 bits per heavy atom. The van der Waals surface area contributed by atoms with Gasteiger partial charge in [0.15, 0.2) is 0 Å². The lowest BCUT2D eigenvalue weighted by molar-refractivity contribution is -0.122. The SMILES string of the molecule is CN1CCC2(CC1)NC(=O)CCS2. The van der Waals surface area contributed by atoms with Crippen LogP contribution in [-0.2, 0) is 4.79 Å². The summed E-state index contributed by atoms with van der Waals surface area (Å²) in [6, 6.07) is 0. The van der Waals surface area contributed by atoms with Crippen LogP contribution in [-0.4, -0.2) is 41.6 Å². The summed E-state index contributed by atoms with van der Waals surface area (Å²) >= 11 is 1.93. The van der Waals surface area contributed by atoms with Crippen molar-refractivity contribution >= 4 is 17.7 Å². The Morgan fingerprint density at radius 1 is 1.46 bits per heavy atom. The maximum atomic E-state index is 11.3. The van der Waals surface area contributed by atoms with Gasteiger partial charge in [-0.25, -0.2) is 0 Å². The van der Waals surface area contributed by atoms with Crippen molar-refractivity contribution in [2.24, 2.45) is 0 Å². The lowest BCUT2D eigenvalue weighted by Crippen LogP contribution is -2.54. The molecule has 2 heterocycles. The molecule has 2 saturated heterocycles. The first-order valence-corrected chi connectivity index (χ1v) is 5.82. The molecule has 13 heavy (non-hydrogen) atoms. The number of nitrogens with one attached hydrogen (secondary N) is 1. The monoisotopic (exact) mass is 200 g/mol. The van der Waals surface area contributed by atoms with Gasteiger partial charge in [-0.2, -0.15) is 0 Å². The van der Waals surface area contributed by atoms with E-state index in [-0.39, 0.29) is 10.8 Å². The second kappa shape index (κ2) is 3.50. The number of carbonyl (C=O) groups is 1. The van der Waals surface area contributed by atoms with Crippen molar-refractivity contribution in [3.05, 3.63) is 0 Å². The molecule has 2 fully saturated rings. The first kappa shape index (κ1) is 9.34. The molecule has 74 valence electrons. The van der Waals surface area contributed by atoms with Crippen molar-refractivity contribution < 1.29 is 4.79 Å². The average molecular weight is 200 g/mol. The molecule has 1 amide bonds. The van der Waals surface area contributed by atoms with Crippen LogP contribution in [0.15, 0.2) is 0 Å². The van der Waals surface area contributed by atoms with Crippen LogP contribution in [0, 0.1) is 0 Å². The number of likely N-dealkylation sites (tertiary alicyclic amines) is 1. The maximum absolute atomic E-state index is 11.3. The summed E-state index contributed by atoms with van der Waals surface area (Å²) < 4.78 is 0. The van der Waals surface area contributed by atoms with E-state index in [0.717, 1.165) is 31.7 Å². The maximum Gasteiger partial charge on any atom is 0.221 e. The lowest BCUT2D eigenvalue weighted by atomic mass is 10.0. The van der Waals surface area contributed by atoms with Crippen molar-refractivity contribution in [3.8, 4) is 0 Å². The largest absolute Gasteiger partial charge is 0.342 e. The van der Waals surface area contributed by atoms with Crippen LogP contribution in [0.3, 0.4) is 0 Å². The van der Waals surface area contributed by atoms with Gasteiger partial charge in [-0.1, -0.05) is 0 Å². The topological polar surface area (TPSA) is 32.3 Å². The molecule has 0 saturated carbocycles. The number of amides is 1. The highest BCUT2D eigenvalue weighted by Gasteiger charge is 2.37. The van der Waals surface area contributed by atoms with Crippen molar-refractivity contribution in [3.63, 3.8) is 0 Å². The van der Waals surface area contributed by atoms with E-state index in [1.165, 1.54) is 0 Å². The zero-order chi connectivity index (χ0) is 9.31. The van der Waals surface area contributed by atoms with Crippen molar-refractivity contribution in [1.29, 1.82) is 0 Å². The minimum absolute atomic E-state index is 0.0852. The van der Waals surface area contributed by atoms with Crippen molar-refractivity contribution in [2.45, 2.75) is 24.1 Å². The molecule has 0 aromatic heterocycles. The zero-order valence-electron chi connectivity index (χ0n) is 8.01. The van der Waals surface area contributed by atoms with Gasteiger partial charge in [0, 0.05) is 25.3 Å². The Bertz CT molecular complexity index is 212. The Hall–Kier alpha value is -0.220. The number of thioether (sulfide) groups is 1. The summed E-state index contributed by atoms with van der Waals surface area (Å²) in [6.07, 6.45) is 2.89. The molecule has 2 aliphatic heterocycles. The molecule has 0 aliphatic carbocycles. The number of piperidine rings is 1. The van der Waals surface area contributed by atoms with Crippen LogP contribution < -0.4 is 5.32 Å². The highest BCUT2D eigenvalue weighted by molar-refractivity contribution is 8.00. The van der Waals surface area contributed by atoms with Crippen LogP contribution in [0.25, 0.3) is 0 Å². The van der Waals surface area contributed by atoms with Crippen LogP contribution >= 0.6 is 11.8 Å². The van der Waals surface area contributed by atoms with Crippen LogP contribution in [0.4, 0.5) is 0 Å². The standard InChI is InChI=1S/C9H16N2OS/c1-11-5-3-9(4-6-11)10-8(12)2-7-13-9/h2-7H2,1H3,(H,10,12). The van der Waals surface area contributed by atoms with Crippen LogP contribution in [0.5, 0.6) is 0 Å². The Balaban J connectivity index is 1.99. The van der Waals surface area contributed by atoms with E-state index in [1.54, 1.807) is 0 Å². The van der Waals surface area contributed by atoms with E-state index >= 15 is 0 Å². The van der Waals surface area contributed by atoms with E-state index in [1.807, 2.05) is 11.8 Å². The van der Waals surface area contributed by atoms with E-state index in [4.69, 9.17) is 0 Å². The molecule has 2 aliphatic rings. The van der Waals surface area contributed by atoms with Gasteiger partial charge in [0.25, 0.3) is 0 Å². The summed E-state index contributed by atoms with van der Waals surface area (Å²) in [5.41, 5.74) is 0. The quantitative estimate of drug-likeness (QED) is 0.623. The molecule has 0 radical (unpaired) electrons. The Morgan fingerprint density at radius 2 is 2.15 bits per heavy atom. The third-order valence-corrected chi connectivity index (χ3v) is 4.34. The van der Waals surface area contributed by atoms with Gasteiger partial charge in [-0.15, -0.1) is 11.8 Å². The first-order valence-electron chi connectivity index (χ1n) is 4.84. The second-order valence-electron chi connectivity index (χ2n) is 3.94. The molecule has 2 rings (SSSR count). The summed E-state index contributed by atoms with van der Waals surface area (Å²) in [5.74, 6) is 1.23. The molecule has 0 aromatic carbocycles. The van der Waals surface area contributed by atoms with Crippen molar-refractivity contribution in [2.75, 3.05) is 25.9 Å². The molecule has 0 atom stereocenters. The van der Waals surface area contributed by atoms with Gasteiger partial charge in [0.1, 0.15) is 0 Å². The molecule has 0 aromatic rings. The average Bonchev–Trinajstić information content (AvgIpc) is 2.11. The number of nitrogens with zero attached hydrogens (tertiary/aromatic N) is 1. The molecule has 4 heteroatoms. The predicted molar refractivity (Wildman–Crippen MR) is 54.7 cm³/mol. The van der Waals surface area contributed by atoms with Gasteiger partial charge in [0.05, 0.1) is 4.87 Å². The fraction of sp³-hybridized carbons (Fsp3) is 0.889. The fourth-order valence-electron chi connectivity index (χ4n) is 1.94. The highest BCUT2D eigenvalue weighted by atomic mass is 32.2. The third kappa shape index (κ3) is 1.99. The smallest absolute Gasteiger partial charge is 0.221 e. The fourth-order valence-corrected chi connectivity index (χ4v) is 3.28. The molecule has 0 bridgehead atoms. The van der Waals surface area contributed by atoms with E-state index in [9.17, 15) is 4.79 Å².